The van der Waals surface area contributed by atoms with Crippen LogP contribution in [0.4, 0.5) is 0 Å². The molecular formula is C12H25BO5. The van der Waals surface area contributed by atoms with E-state index in [1.54, 1.807) is 20.8 Å². The van der Waals surface area contributed by atoms with Crippen molar-refractivity contribution in [2.24, 2.45) is 0 Å². The third kappa shape index (κ3) is 7.13. The van der Waals surface area contributed by atoms with Gasteiger partial charge in [-0.25, -0.2) is 0 Å². The minimum absolute atomic E-state index is 0.594. The van der Waals surface area contributed by atoms with Gasteiger partial charge < -0.3 is 25.3 Å². The third-order valence-corrected chi connectivity index (χ3v) is 3.27. The highest BCUT2D eigenvalue weighted by Gasteiger charge is 2.37. The Morgan fingerprint density at radius 1 is 1.11 bits per heavy atom. The Bertz CT molecular complexity index is 265. The molecule has 6 heteroatoms. The maximum atomic E-state index is 10.1. The van der Waals surface area contributed by atoms with Gasteiger partial charge in [-0.2, -0.15) is 0 Å². The lowest BCUT2D eigenvalue weighted by molar-refractivity contribution is -0.119. The highest BCUT2D eigenvalue weighted by Crippen LogP contribution is 2.31. The average Bonchev–Trinajstić information content (AvgIpc) is 2.15. The molecule has 0 aromatic heterocycles. The molecule has 1 rings (SSSR count). The maximum Gasteiger partial charge on any atom is 0.631 e. The van der Waals surface area contributed by atoms with Crippen LogP contribution < -0.4 is 0 Å². The zero-order chi connectivity index (χ0) is 14.4. The van der Waals surface area contributed by atoms with E-state index >= 15 is 0 Å². The molecule has 1 atom stereocenters. The van der Waals surface area contributed by atoms with Crippen LogP contribution in [0.1, 0.15) is 52.9 Å². The van der Waals surface area contributed by atoms with Gasteiger partial charge in [0.25, 0.3) is 0 Å². The summed E-state index contributed by atoms with van der Waals surface area (Å²) in [6, 6.07) is 0. The second-order valence-electron chi connectivity index (χ2n) is 5.46. The summed E-state index contributed by atoms with van der Waals surface area (Å²) in [7, 11) is -2.17. The van der Waals surface area contributed by atoms with Crippen molar-refractivity contribution in [2.45, 2.75) is 64.1 Å². The molecule has 0 spiro atoms. The van der Waals surface area contributed by atoms with Gasteiger partial charge in [0.1, 0.15) is 0 Å². The van der Waals surface area contributed by atoms with Gasteiger partial charge in [0, 0.05) is 0 Å². The Morgan fingerprint density at radius 2 is 1.61 bits per heavy atom. The Balaban J connectivity index is 0.000000631. The summed E-state index contributed by atoms with van der Waals surface area (Å²) in [5.74, 6) is 0. The monoisotopic (exact) mass is 260 g/mol. The van der Waals surface area contributed by atoms with Crippen LogP contribution in [0.25, 0.3) is 0 Å². The molecule has 1 unspecified atom stereocenters. The van der Waals surface area contributed by atoms with Crippen molar-refractivity contribution in [1.29, 1.82) is 0 Å². The van der Waals surface area contributed by atoms with Gasteiger partial charge in [-0.15, -0.1) is 0 Å². The van der Waals surface area contributed by atoms with Gasteiger partial charge in [-0.1, -0.05) is 11.6 Å². The molecule has 0 heterocycles. The topological polar surface area (TPSA) is 101 Å². The van der Waals surface area contributed by atoms with Gasteiger partial charge in [-0.3, -0.25) is 0 Å². The number of hydrogen-bond acceptors (Lipinski definition) is 5. The first kappa shape index (κ1) is 17.6. The first-order valence-corrected chi connectivity index (χ1v) is 6.23. The van der Waals surface area contributed by atoms with E-state index in [4.69, 9.17) is 15.1 Å². The van der Waals surface area contributed by atoms with E-state index in [0.29, 0.717) is 6.42 Å². The van der Waals surface area contributed by atoms with E-state index in [2.05, 4.69) is 6.08 Å². The summed E-state index contributed by atoms with van der Waals surface area (Å²) in [4.78, 5) is 0. The molecule has 0 aromatic rings. The fourth-order valence-electron chi connectivity index (χ4n) is 1.72. The quantitative estimate of drug-likeness (QED) is 0.372. The normalized spacial score (nSPS) is 19.2. The SMILES string of the molecule is CC(C)(O)C(C)(O)CC1=CCCCC1.OB(O)O. The highest BCUT2D eigenvalue weighted by molar-refractivity contribution is 6.30. The molecule has 5 nitrogen and oxygen atoms in total. The Labute approximate surface area is 109 Å². The van der Waals surface area contributed by atoms with Crippen LogP contribution >= 0.6 is 0 Å². The summed E-state index contributed by atoms with van der Waals surface area (Å²) >= 11 is 0. The Hall–Kier alpha value is -0.395. The summed E-state index contributed by atoms with van der Waals surface area (Å²) in [5, 5.41) is 41.4. The largest absolute Gasteiger partial charge is 0.631 e. The summed E-state index contributed by atoms with van der Waals surface area (Å²) in [6.45, 7) is 5.04. The van der Waals surface area contributed by atoms with Crippen LogP contribution in [0.3, 0.4) is 0 Å². The van der Waals surface area contributed by atoms with Crippen LogP contribution in [-0.4, -0.2) is 43.8 Å². The highest BCUT2D eigenvalue weighted by atomic mass is 16.5. The lowest BCUT2D eigenvalue weighted by Crippen LogP contribution is -2.47. The molecule has 0 fully saturated rings. The fraction of sp³-hybridized carbons (Fsp3) is 0.833. The molecule has 106 valence electrons. The summed E-state index contributed by atoms with van der Waals surface area (Å²) < 4.78 is 0. The Morgan fingerprint density at radius 3 is 1.94 bits per heavy atom. The molecular weight excluding hydrogens is 235 g/mol. The van der Waals surface area contributed by atoms with Crippen LogP contribution in [0.15, 0.2) is 11.6 Å². The molecule has 0 saturated heterocycles. The molecule has 5 N–H and O–H groups in total. The van der Waals surface area contributed by atoms with Crippen LogP contribution in [0.5, 0.6) is 0 Å². The number of rotatable bonds is 3. The zero-order valence-electron chi connectivity index (χ0n) is 11.4. The minimum Gasteiger partial charge on any atom is -0.402 e. The fourth-order valence-corrected chi connectivity index (χ4v) is 1.72. The van der Waals surface area contributed by atoms with Crippen molar-refractivity contribution in [1.82, 2.24) is 0 Å². The van der Waals surface area contributed by atoms with E-state index in [1.807, 2.05) is 0 Å². The molecule has 1 aliphatic rings. The van der Waals surface area contributed by atoms with Crippen molar-refractivity contribution >= 4 is 7.32 Å². The standard InChI is InChI=1S/C12H22O2.BH3O3/c1-11(2,13)12(3,14)9-10-7-5-4-6-8-10;2-1(3)4/h7,13-14H,4-6,8-9H2,1-3H3;2-4H. The van der Waals surface area contributed by atoms with Crippen molar-refractivity contribution in [3.63, 3.8) is 0 Å². The van der Waals surface area contributed by atoms with E-state index in [1.165, 1.54) is 18.4 Å². The van der Waals surface area contributed by atoms with Crippen LogP contribution in [0, 0.1) is 0 Å². The molecule has 18 heavy (non-hydrogen) atoms. The molecule has 1 aliphatic carbocycles. The van der Waals surface area contributed by atoms with E-state index in [-0.39, 0.29) is 0 Å². The van der Waals surface area contributed by atoms with Gasteiger partial charge in [0.05, 0.1) is 11.2 Å². The summed E-state index contributed by atoms with van der Waals surface area (Å²) in [5.41, 5.74) is -0.759. The maximum absolute atomic E-state index is 10.1. The molecule has 0 aromatic carbocycles. The lowest BCUT2D eigenvalue weighted by atomic mass is 9.80. The van der Waals surface area contributed by atoms with Crippen molar-refractivity contribution in [2.75, 3.05) is 0 Å². The van der Waals surface area contributed by atoms with E-state index < -0.39 is 18.5 Å². The second kappa shape index (κ2) is 7.26. The van der Waals surface area contributed by atoms with Gasteiger partial charge in [-0.05, 0) is 52.9 Å². The molecule has 0 amide bonds. The van der Waals surface area contributed by atoms with Gasteiger partial charge in [0.2, 0.25) is 0 Å². The Kier molecular flexibility index (Phi) is 7.10. The number of hydrogen-bond donors (Lipinski definition) is 5. The zero-order valence-corrected chi connectivity index (χ0v) is 11.4. The first-order valence-electron chi connectivity index (χ1n) is 6.23. The molecule has 0 aliphatic heterocycles. The number of allylic oxidation sites excluding steroid dienone is 1. The van der Waals surface area contributed by atoms with E-state index in [9.17, 15) is 10.2 Å². The molecule has 0 radical (unpaired) electrons. The van der Waals surface area contributed by atoms with Crippen LogP contribution in [-0.2, 0) is 0 Å². The summed E-state index contributed by atoms with van der Waals surface area (Å²) in [6.07, 6.45) is 7.48. The lowest BCUT2D eigenvalue weighted by Gasteiger charge is -2.36. The van der Waals surface area contributed by atoms with E-state index in [0.717, 1.165) is 12.8 Å². The average molecular weight is 260 g/mol. The molecule has 0 saturated carbocycles. The number of aliphatic hydroxyl groups is 2. The predicted molar refractivity (Wildman–Crippen MR) is 70.5 cm³/mol. The third-order valence-electron chi connectivity index (χ3n) is 3.27. The second-order valence-corrected chi connectivity index (χ2v) is 5.46. The van der Waals surface area contributed by atoms with Crippen LogP contribution in [0.2, 0.25) is 0 Å². The van der Waals surface area contributed by atoms with Gasteiger partial charge in [0.15, 0.2) is 0 Å². The van der Waals surface area contributed by atoms with Gasteiger partial charge >= 0.3 is 7.32 Å². The van der Waals surface area contributed by atoms with Crippen molar-refractivity contribution < 1.29 is 25.3 Å². The van der Waals surface area contributed by atoms with Crippen molar-refractivity contribution in [3.05, 3.63) is 11.6 Å². The molecule has 0 bridgehead atoms. The minimum atomic E-state index is -2.17. The first-order chi connectivity index (χ1) is 8.06. The smallest absolute Gasteiger partial charge is 0.402 e. The van der Waals surface area contributed by atoms with Crippen molar-refractivity contribution in [3.8, 4) is 0 Å². The predicted octanol–water partition coefficient (Wildman–Crippen LogP) is 0.347.